The Kier molecular flexibility index (Phi) is 2.76. The molecule has 1 fully saturated rings. The first-order chi connectivity index (χ1) is 6.36. The molecule has 0 aromatic heterocycles. The molecule has 0 amide bonds. The molecule has 2 unspecified atom stereocenters. The Morgan fingerprint density at radius 3 is 2.62 bits per heavy atom. The Bertz CT molecular complexity index is 265. The highest BCUT2D eigenvalue weighted by molar-refractivity contribution is 7.81. The van der Waals surface area contributed by atoms with Gasteiger partial charge in [-0.1, -0.05) is 18.2 Å². The average molecular weight is 195 g/mol. The number of nitrogens with one attached hydrogen (secondary N) is 1. The second-order valence-corrected chi connectivity index (χ2v) is 3.86. The topological polar surface area (TPSA) is 21.3 Å². The Balaban J connectivity index is 1.98. The lowest BCUT2D eigenvalue weighted by atomic mass is 10.3. The van der Waals surface area contributed by atoms with Gasteiger partial charge >= 0.3 is 0 Å². The van der Waals surface area contributed by atoms with Gasteiger partial charge in [0.25, 0.3) is 0 Å². The average Bonchev–Trinajstić information content (AvgIpc) is 2.54. The van der Waals surface area contributed by atoms with Gasteiger partial charge in [-0.2, -0.15) is 12.6 Å². The lowest BCUT2D eigenvalue weighted by Crippen LogP contribution is -2.26. The molecule has 70 valence electrons. The van der Waals surface area contributed by atoms with Crippen LogP contribution in [0.25, 0.3) is 0 Å². The van der Waals surface area contributed by atoms with Crippen molar-refractivity contribution in [3.8, 4) is 5.75 Å². The van der Waals surface area contributed by atoms with Crippen molar-refractivity contribution in [3.63, 3.8) is 0 Å². The minimum Gasteiger partial charge on any atom is -0.488 e. The summed E-state index contributed by atoms with van der Waals surface area (Å²) in [5.74, 6) is 0.926. The van der Waals surface area contributed by atoms with Crippen molar-refractivity contribution in [2.45, 2.75) is 11.4 Å². The number of hydrogen-bond donors (Lipinski definition) is 2. The van der Waals surface area contributed by atoms with Crippen molar-refractivity contribution in [1.82, 2.24) is 5.32 Å². The molecule has 2 nitrogen and oxygen atoms in total. The quantitative estimate of drug-likeness (QED) is 0.695. The van der Waals surface area contributed by atoms with E-state index in [9.17, 15) is 0 Å². The third kappa shape index (κ3) is 2.17. The lowest BCUT2D eigenvalue weighted by molar-refractivity contribution is 0.228. The number of rotatable bonds is 2. The summed E-state index contributed by atoms with van der Waals surface area (Å²) in [6, 6.07) is 9.88. The molecule has 0 saturated carbocycles. The van der Waals surface area contributed by atoms with Crippen LogP contribution in [0.4, 0.5) is 0 Å². The monoisotopic (exact) mass is 195 g/mol. The van der Waals surface area contributed by atoms with Crippen molar-refractivity contribution >= 4 is 12.6 Å². The highest BCUT2D eigenvalue weighted by Crippen LogP contribution is 2.16. The maximum Gasteiger partial charge on any atom is 0.124 e. The zero-order valence-corrected chi connectivity index (χ0v) is 8.21. The van der Waals surface area contributed by atoms with Crippen molar-refractivity contribution < 1.29 is 4.74 Å². The Hall–Kier alpha value is -0.670. The summed E-state index contributed by atoms with van der Waals surface area (Å²) in [6.07, 6.45) is 0.200. The standard InChI is InChI=1S/C10H13NOS/c13-10-7-11-6-9(10)12-8-4-2-1-3-5-8/h1-5,9-11,13H,6-7H2. The van der Waals surface area contributed by atoms with Gasteiger partial charge < -0.3 is 10.1 Å². The smallest absolute Gasteiger partial charge is 0.124 e. The van der Waals surface area contributed by atoms with Gasteiger partial charge in [0, 0.05) is 13.1 Å². The molecular formula is C10H13NOS. The molecule has 1 aromatic carbocycles. The van der Waals surface area contributed by atoms with Gasteiger partial charge in [-0.15, -0.1) is 0 Å². The molecule has 0 spiro atoms. The van der Waals surface area contributed by atoms with Gasteiger partial charge in [-0.25, -0.2) is 0 Å². The summed E-state index contributed by atoms with van der Waals surface area (Å²) in [5, 5.41) is 3.55. The summed E-state index contributed by atoms with van der Waals surface area (Å²) in [5.41, 5.74) is 0. The van der Waals surface area contributed by atoms with Crippen molar-refractivity contribution in [2.24, 2.45) is 0 Å². The van der Waals surface area contributed by atoms with E-state index in [-0.39, 0.29) is 6.10 Å². The first kappa shape index (κ1) is 8.91. The van der Waals surface area contributed by atoms with Crippen molar-refractivity contribution in [1.29, 1.82) is 0 Å². The molecule has 1 aliphatic rings. The van der Waals surface area contributed by atoms with Crippen molar-refractivity contribution in [2.75, 3.05) is 13.1 Å². The summed E-state index contributed by atoms with van der Waals surface area (Å²) in [6.45, 7) is 1.82. The fourth-order valence-electron chi connectivity index (χ4n) is 1.44. The maximum absolute atomic E-state index is 5.75. The third-order valence-electron chi connectivity index (χ3n) is 2.16. The highest BCUT2D eigenvalue weighted by atomic mass is 32.1. The van der Waals surface area contributed by atoms with Gasteiger partial charge in [0.15, 0.2) is 0 Å². The van der Waals surface area contributed by atoms with Crippen LogP contribution in [0.15, 0.2) is 30.3 Å². The van der Waals surface area contributed by atoms with Crippen LogP contribution in [0, 0.1) is 0 Å². The normalized spacial score (nSPS) is 27.5. The highest BCUT2D eigenvalue weighted by Gasteiger charge is 2.25. The van der Waals surface area contributed by atoms with Gasteiger partial charge in [-0.3, -0.25) is 0 Å². The van der Waals surface area contributed by atoms with E-state index in [1.54, 1.807) is 0 Å². The van der Waals surface area contributed by atoms with Crippen LogP contribution in [0.2, 0.25) is 0 Å². The molecule has 13 heavy (non-hydrogen) atoms. The molecular weight excluding hydrogens is 182 g/mol. The summed E-state index contributed by atoms with van der Waals surface area (Å²) in [4.78, 5) is 0. The lowest BCUT2D eigenvalue weighted by Gasteiger charge is -2.15. The second-order valence-electron chi connectivity index (χ2n) is 3.19. The summed E-state index contributed by atoms with van der Waals surface area (Å²) in [7, 11) is 0. The van der Waals surface area contributed by atoms with E-state index in [2.05, 4.69) is 17.9 Å². The molecule has 0 aliphatic carbocycles. The van der Waals surface area contributed by atoms with E-state index in [0.717, 1.165) is 18.8 Å². The van der Waals surface area contributed by atoms with E-state index >= 15 is 0 Å². The minimum absolute atomic E-state index is 0.200. The Morgan fingerprint density at radius 1 is 1.23 bits per heavy atom. The minimum atomic E-state index is 0.200. The SMILES string of the molecule is SC1CNCC1Oc1ccccc1. The zero-order valence-electron chi connectivity index (χ0n) is 7.31. The predicted molar refractivity (Wildman–Crippen MR) is 56.5 cm³/mol. The van der Waals surface area contributed by atoms with Crippen LogP contribution < -0.4 is 10.1 Å². The van der Waals surface area contributed by atoms with Gasteiger partial charge in [-0.05, 0) is 12.1 Å². The van der Waals surface area contributed by atoms with Crippen molar-refractivity contribution in [3.05, 3.63) is 30.3 Å². The largest absolute Gasteiger partial charge is 0.488 e. The van der Waals surface area contributed by atoms with E-state index in [1.807, 2.05) is 30.3 Å². The molecule has 1 N–H and O–H groups in total. The molecule has 0 radical (unpaired) electrons. The molecule has 2 atom stereocenters. The number of benzene rings is 1. The van der Waals surface area contributed by atoms with Crippen LogP contribution in [0.1, 0.15) is 0 Å². The molecule has 1 aromatic rings. The maximum atomic E-state index is 5.75. The van der Waals surface area contributed by atoms with Gasteiger partial charge in [0.05, 0.1) is 5.25 Å². The molecule has 2 rings (SSSR count). The molecule has 1 aliphatic heterocycles. The number of para-hydroxylation sites is 1. The fraction of sp³-hybridized carbons (Fsp3) is 0.400. The zero-order chi connectivity index (χ0) is 9.10. The van der Waals surface area contributed by atoms with E-state index in [1.165, 1.54) is 0 Å². The second kappa shape index (κ2) is 4.03. The summed E-state index contributed by atoms with van der Waals surface area (Å²) >= 11 is 4.43. The fourth-order valence-corrected chi connectivity index (χ4v) is 1.73. The number of ether oxygens (including phenoxy) is 1. The number of thiol groups is 1. The number of hydrogen-bond acceptors (Lipinski definition) is 3. The predicted octanol–water partition coefficient (Wildman–Crippen LogP) is 1.34. The molecule has 3 heteroatoms. The Labute approximate surface area is 83.7 Å². The van der Waals surface area contributed by atoms with E-state index < -0.39 is 0 Å². The van der Waals surface area contributed by atoms with E-state index in [0.29, 0.717) is 5.25 Å². The molecule has 0 bridgehead atoms. The summed E-state index contributed by atoms with van der Waals surface area (Å²) < 4.78 is 5.75. The van der Waals surface area contributed by atoms with Crippen LogP contribution >= 0.6 is 12.6 Å². The van der Waals surface area contributed by atoms with Crippen LogP contribution in [0.5, 0.6) is 5.75 Å². The first-order valence-electron chi connectivity index (χ1n) is 4.47. The van der Waals surface area contributed by atoms with Crippen LogP contribution in [-0.2, 0) is 0 Å². The molecule has 1 saturated heterocycles. The first-order valence-corrected chi connectivity index (χ1v) is 4.98. The van der Waals surface area contributed by atoms with Gasteiger partial charge in [0.2, 0.25) is 0 Å². The molecule has 1 heterocycles. The van der Waals surface area contributed by atoms with Crippen LogP contribution in [0.3, 0.4) is 0 Å². The van der Waals surface area contributed by atoms with Crippen LogP contribution in [-0.4, -0.2) is 24.4 Å². The van der Waals surface area contributed by atoms with Gasteiger partial charge in [0.1, 0.15) is 11.9 Å². The Morgan fingerprint density at radius 2 is 2.00 bits per heavy atom. The van der Waals surface area contributed by atoms with E-state index in [4.69, 9.17) is 4.74 Å². The third-order valence-corrected chi connectivity index (χ3v) is 2.67.